The van der Waals surface area contributed by atoms with Gasteiger partial charge >= 0.3 is 6.18 Å². The van der Waals surface area contributed by atoms with E-state index in [1.165, 1.54) is 6.07 Å². The average Bonchev–Trinajstić information content (AvgIpc) is 2.68. The number of aliphatic hydroxyl groups excluding tert-OH is 1. The molecule has 1 aliphatic rings. The molecule has 0 aliphatic heterocycles. The molecule has 3 aromatic rings. The van der Waals surface area contributed by atoms with E-state index < -0.39 is 17.5 Å². The predicted octanol–water partition coefficient (Wildman–Crippen LogP) is 4.13. The summed E-state index contributed by atoms with van der Waals surface area (Å²) < 4.78 is 38.6. The largest absolute Gasteiger partial charge is 0.507 e. The predicted molar refractivity (Wildman–Crippen MR) is 101 cm³/mol. The first-order valence-corrected chi connectivity index (χ1v) is 9.29. The number of aromatic nitrogens is 3. The van der Waals surface area contributed by atoms with E-state index >= 15 is 0 Å². The van der Waals surface area contributed by atoms with Gasteiger partial charge in [-0.1, -0.05) is 0 Å². The smallest absolute Gasteiger partial charge is 0.416 e. The van der Waals surface area contributed by atoms with Crippen LogP contribution in [0, 0.1) is 0 Å². The van der Waals surface area contributed by atoms with Crippen LogP contribution in [0.1, 0.15) is 31.2 Å². The van der Waals surface area contributed by atoms with Crippen molar-refractivity contribution in [3.8, 4) is 17.0 Å². The molecule has 2 atom stereocenters. The number of phenolic OH excluding ortho intramolecular Hbond substituents is 1. The van der Waals surface area contributed by atoms with Gasteiger partial charge in [0.1, 0.15) is 17.0 Å². The van der Waals surface area contributed by atoms with Crippen molar-refractivity contribution in [1.29, 1.82) is 0 Å². The molecule has 0 spiro atoms. The highest BCUT2D eigenvalue weighted by Crippen LogP contribution is 2.38. The molecule has 3 N–H and O–H groups in total. The summed E-state index contributed by atoms with van der Waals surface area (Å²) in [6.45, 7) is 0. The van der Waals surface area contributed by atoms with Gasteiger partial charge < -0.3 is 15.5 Å². The molecular weight excluding hydrogens is 385 g/mol. The lowest BCUT2D eigenvalue weighted by atomic mass is 9.93. The number of rotatable bonds is 3. The van der Waals surface area contributed by atoms with Crippen molar-refractivity contribution in [3.05, 3.63) is 42.1 Å². The van der Waals surface area contributed by atoms with Crippen molar-refractivity contribution in [3.63, 3.8) is 0 Å². The summed E-state index contributed by atoms with van der Waals surface area (Å²) in [6, 6.07) is 6.19. The molecule has 0 radical (unpaired) electrons. The van der Waals surface area contributed by atoms with E-state index in [1.807, 2.05) is 0 Å². The minimum absolute atomic E-state index is 0.0311. The van der Waals surface area contributed by atoms with Crippen LogP contribution in [0.4, 0.5) is 19.0 Å². The zero-order valence-corrected chi connectivity index (χ0v) is 15.3. The average molecular weight is 404 g/mol. The van der Waals surface area contributed by atoms with Crippen molar-refractivity contribution < 1.29 is 23.4 Å². The van der Waals surface area contributed by atoms with Crippen molar-refractivity contribution in [2.75, 3.05) is 5.32 Å². The van der Waals surface area contributed by atoms with Crippen molar-refractivity contribution in [1.82, 2.24) is 15.2 Å². The Hall–Kier alpha value is -2.94. The van der Waals surface area contributed by atoms with Gasteiger partial charge in [-0.3, -0.25) is 4.98 Å². The third-order valence-corrected chi connectivity index (χ3v) is 5.10. The summed E-state index contributed by atoms with van der Waals surface area (Å²) in [5.74, 6) is -0.0924. The van der Waals surface area contributed by atoms with Gasteiger partial charge in [0.25, 0.3) is 0 Å². The fourth-order valence-corrected chi connectivity index (χ4v) is 3.68. The zero-order chi connectivity index (χ0) is 20.6. The third kappa shape index (κ3) is 3.95. The van der Waals surface area contributed by atoms with Crippen LogP contribution in [0.2, 0.25) is 0 Å². The van der Waals surface area contributed by atoms with Gasteiger partial charge in [0.05, 0.1) is 11.7 Å². The molecular formula is C20H19F3N4O2. The molecule has 2 heterocycles. The van der Waals surface area contributed by atoms with Gasteiger partial charge in [-0.15, -0.1) is 10.2 Å². The number of aromatic hydroxyl groups is 1. The minimum atomic E-state index is -4.55. The summed E-state index contributed by atoms with van der Waals surface area (Å²) in [4.78, 5) is 4.35. The highest BCUT2D eigenvalue weighted by atomic mass is 19.4. The molecule has 0 saturated heterocycles. The third-order valence-electron chi connectivity index (χ3n) is 5.10. The number of fused-ring (bicyclic) bond motifs is 1. The lowest BCUT2D eigenvalue weighted by Crippen LogP contribution is -2.30. The van der Waals surface area contributed by atoms with Crippen LogP contribution in [0.25, 0.3) is 22.2 Å². The summed E-state index contributed by atoms with van der Waals surface area (Å²) in [5, 5.41) is 32.2. The molecule has 1 saturated carbocycles. The molecule has 1 aliphatic carbocycles. The molecule has 152 valence electrons. The number of hydrogen-bond acceptors (Lipinski definition) is 6. The number of alkyl halides is 3. The van der Waals surface area contributed by atoms with Crippen molar-refractivity contribution in [2.24, 2.45) is 0 Å². The normalized spacial score (nSPS) is 20.0. The summed E-state index contributed by atoms with van der Waals surface area (Å²) in [6.07, 6.45) is -0.182. The standard InChI is InChI=1S/C20H19F3N4O2/c21-20(22,23)11-6-7-14(16(29)9-11)17-15-5-2-8-24-18(15)19(27-26-17)25-12-3-1-4-13(28)10-12/h2,5-9,12-13,28-29H,1,3-4,10H2,(H,25,27)/t12-,13+/m0/s1. The Labute approximate surface area is 164 Å². The lowest BCUT2D eigenvalue weighted by Gasteiger charge is -2.27. The van der Waals surface area contributed by atoms with Gasteiger partial charge in [-0.2, -0.15) is 13.2 Å². The molecule has 0 bridgehead atoms. The number of phenols is 1. The SMILES string of the molecule is Oc1cc(C(F)(F)F)ccc1-c1nnc(N[C@H]2CCC[C@@H](O)C2)c2ncccc12. The second-order valence-electron chi connectivity index (χ2n) is 7.19. The maximum atomic E-state index is 12.9. The molecule has 29 heavy (non-hydrogen) atoms. The molecule has 9 heteroatoms. The maximum Gasteiger partial charge on any atom is 0.416 e. The summed E-state index contributed by atoms with van der Waals surface area (Å²) in [5.41, 5.74) is -0.0585. The van der Waals surface area contributed by atoms with E-state index in [1.54, 1.807) is 18.3 Å². The van der Waals surface area contributed by atoms with Gasteiger partial charge in [0.2, 0.25) is 0 Å². The molecule has 1 aromatic carbocycles. The number of nitrogens with zero attached hydrogens (tertiary/aromatic N) is 3. The number of benzene rings is 1. The van der Waals surface area contributed by atoms with E-state index in [9.17, 15) is 23.4 Å². The van der Waals surface area contributed by atoms with Crippen LogP contribution < -0.4 is 5.32 Å². The number of pyridine rings is 1. The topological polar surface area (TPSA) is 91.2 Å². The van der Waals surface area contributed by atoms with Gasteiger partial charge in [0.15, 0.2) is 5.82 Å². The first-order valence-electron chi connectivity index (χ1n) is 9.29. The Kier molecular flexibility index (Phi) is 4.99. The van der Waals surface area contributed by atoms with Gasteiger partial charge in [0, 0.05) is 23.2 Å². The second-order valence-corrected chi connectivity index (χ2v) is 7.19. The zero-order valence-electron chi connectivity index (χ0n) is 15.3. The van der Waals surface area contributed by atoms with Crippen molar-refractivity contribution >= 4 is 16.7 Å². The highest BCUT2D eigenvalue weighted by molar-refractivity contribution is 5.98. The van der Waals surface area contributed by atoms with Gasteiger partial charge in [-0.05, 0) is 56.0 Å². The Balaban J connectivity index is 1.74. The first-order chi connectivity index (χ1) is 13.8. The second kappa shape index (κ2) is 7.47. The van der Waals surface area contributed by atoms with E-state index in [-0.39, 0.29) is 23.4 Å². The Morgan fingerprint density at radius 3 is 2.66 bits per heavy atom. The van der Waals surface area contributed by atoms with Crippen LogP contribution in [-0.2, 0) is 6.18 Å². The Morgan fingerprint density at radius 2 is 1.93 bits per heavy atom. The number of anilines is 1. The Morgan fingerprint density at radius 1 is 1.10 bits per heavy atom. The van der Waals surface area contributed by atoms with Crippen LogP contribution in [0.15, 0.2) is 36.5 Å². The molecule has 0 amide bonds. The van der Waals surface area contributed by atoms with Crippen molar-refractivity contribution in [2.45, 2.75) is 44.0 Å². The number of halogens is 3. The molecule has 6 nitrogen and oxygen atoms in total. The number of nitrogens with one attached hydrogen (secondary N) is 1. The van der Waals surface area contributed by atoms with Crippen LogP contribution >= 0.6 is 0 Å². The minimum Gasteiger partial charge on any atom is -0.507 e. The fourth-order valence-electron chi connectivity index (χ4n) is 3.68. The van der Waals surface area contributed by atoms with E-state index in [2.05, 4.69) is 20.5 Å². The molecule has 1 fully saturated rings. The lowest BCUT2D eigenvalue weighted by molar-refractivity contribution is -0.137. The summed E-state index contributed by atoms with van der Waals surface area (Å²) in [7, 11) is 0. The Bertz CT molecular complexity index is 1040. The van der Waals surface area contributed by atoms with E-state index in [0.29, 0.717) is 29.2 Å². The number of aliphatic hydroxyl groups is 1. The van der Waals surface area contributed by atoms with Crippen LogP contribution in [0.3, 0.4) is 0 Å². The maximum absolute atomic E-state index is 12.9. The van der Waals surface area contributed by atoms with E-state index in [0.717, 1.165) is 25.3 Å². The van der Waals surface area contributed by atoms with Crippen LogP contribution in [0.5, 0.6) is 5.75 Å². The highest BCUT2D eigenvalue weighted by Gasteiger charge is 2.31. The molecule has 2 aromatic heterocycles. The quantitative estimate of drug-likeness (QED) is 0.608. The molecule has 0 unspecified atom stereocenters. The first kappa shape index (κ1) is 19.4. The molecule has 4 rings (SSSR count). The monoisotopic (exact) mass is 404 g/mol. The van der Waals surface area contributed by atoms with Crippen LogP contribution in [-0.4, -0.2) is 37.5 Å². The number of hydrogen-bond donors (Lipinski definition) is 3. The fraction of sp³-hybridized carbons (Fsp3) is 0.350. The summed E-state index contributed by atoms with van der Waals surface area (Å²) >= 11 is 0. The van der Waals surface area contributed by atoms with E-state index in [4.69, 9.17) is 0 Å². The van der Waals surface area contributed by atoms with Gasteiger partial charge in [-0.25, -0.2) is 0 Å².